The van der Waals surface area contributed by atoms with E-state index in [2.05, 4.69) is 4.90 Å². The number of likely N-dealkylation sites (tertiary alicyclic amines) is 1. The lowest BCUT2D eigenvalue weighted by atomic mass is 10.1. The summed E-state index contributed by atoms with van der Waals surface area (Å²) in [6, 6.07) is 8.30. The topological polar surface area (TPSA) is 58.8 Å². The van der Waals surface area contributed by atoms with Crippen molar-refractivity contribution in [2.45, 2.75) is 25.3 Å². The van der Waals surface area contributed by atoms with Gasteiger partial charge >= 0.3 is 0 Å². The number of aryl methyl sites for hydroxylation is 1. The Balaban J connectivity index is 0.00000144. The molecule has 1 aromatic carbocycles. The van der Waals surface area contributed by atoms with Gasteiger partial charge in [0.25, 0.3) is 0 Å². The van der Waals surface area contributed by atoms with E-state index in [1.165, 1.54) is 0 Å². The monoisotopic (exact) mass is 375 g/mol. The highest BCUT2D eigenvalue weighted by Crippen LogP contribution is 2.19. The Labute approximate surface area is 156 Å². The molecule has 24 heavy (non-hydrogen) atoms. The van der Waals surface area contributed by atoms with Crippen LogP contribution in [0, 0.1) is 0 Å². The van der Waals surface area contributed by atoms with Crippen molar-refractivity contribution >= 4 is 36.4 Å². The third kappa shape index (κ3) is 5.24. The molecular weight excluding hydrogens is 349 g/mol. The van der Waals surface area contributed by atoms with Crippen molar-refractivity contribution in [1.29, 1.82) is 0 Å². The van der Waals surface area contributed by atoms with Gasteiger partial charge in [-0.3, -0.25) is 9.69 Å². The molecule has 5 nitrogen and oxygen atoms in total. The maximum Gasteiger partial charge on any atom is 0.222 e. The van der Waals surface area contributed by atoms with Gasteiger partial charge in [0.2, 0.25) is 5.91 Å². The Kier molecular flexibility index (Phi) is 8.84. The molecule has 7 heteroatoms. The molecule has 0 aliphatic carbocycles. The van der Waals surface area contributed by atoms with E-state index in [1.807, 2.05) is 29.2 Å². The number of nitrogens with zero attached hydrogens (tertiary/aromatic N) is 2. The quantitative estimate of drug-likeness (QED) is 0.817. The number of nitrogen functional groups attached to an aromatic ring is 1. The molecule has 2 aliphatic heterocycles. The summed E-state index contributed by atoms with van der Waals surface area (Å²) in [5.74, 6) is 0.249. The van der Waals surface area contributed by atoms with Crippen molar-refractivity contribution in [2.75, 3.05) is 45.1 Å². The molecular formula is C17H27Cl2N3O2. The normalized spacial score (nSPS) is 21.0. The average molecular weight is 376 g/mol. The van der Waals surface area contributed by atoms with Crippen LogP contribution in [0.1, 0.15) is 18.4 Å². The predicted octanol–water partition coefficient (Wildman–Crippen LogP) is 1.98. The molecule has 1 atom stereocenters. The zero-order valence-corrected chi connectivity index (χ0v) is 15.5. The highest BCUT2D eigenvalue weighted by atomic mass is 35.5. The van der Waals surface area contributed by atoms with E-state index >= 15 is 0 Å². The van der Waals surface area contributed by atoms with Crippen molar-refractivity contribution < 1.29 is 9.53 Å². The summed E-state index contributed by atoms with van der Waals surface area (Å²) in [5, 5.41) is 0. The van der Waals surface area contributed by atoms with E-state index in [1.54, 1.807) is 0 Å². The van der Waals surface area contributed by atoms with E-state index in [9.17, 15) is 4.79 Å². The molecule has 2 N–H and O–H groups in total. The van der Waals surface area contributed by atoms with Crippen LogP contribution >= 0.6 is 24.8 Å². The smallest absolute Gasteiger partial charge is 0.222 e. The summed E-state index contributed by atoms with van der Waals surface area (Å²) >= 11 is 0. The van der Waals surface area contributed by atoms with Gasteiger partial charge in [0.1, 0.15) is 0 Å². The van der Waals surface area contributed by atoms with Crippen LogP contribution in [0.5, 0.6) is 0 Å². The van der Waals surface area contributed by atoms with Gasteiger partial charge in [-0.15, -0.1) is 24.8 Å². The maximum atomic E-state index is 12.4. The SMILES string of the molecule is Cl.Cl.Nc1ccccc1CCC(=O)N1CCC(N2CCOCC2)C1. The third-order valence-corrected chi connectivity index (χ3v) is 4.74. The molecule has 0 saturated carbocycles. The largest absolute Gasteiger partial charge is 0.399 e. The van der Waals surface area contributed by atoms with E-state index in [0.29, 0.717) is 12.5 Å². The van der Waals surface area contributed by atoms with Crippen LogP contribution in [-0.4, -0.2) is 61.1 Å². The molecule has 2 saturated heterocycles. The van der Waals surface area contributed by atoms with Crippen molar-refractivity contribution in [1.82, 2.24) is 9.80 Å². The van der Waals surface area contributed by atoms with E-state index < -0.39 is 0 Å². The summed E-state index contributed by atoms with van der Waals surface area (Å²) in [6.07, 6.45) is 2.35. The van der Waals surface area contributed by atoms with Gasteiger partial charge in [0.05, 0.1) is 13.2 Å². The molecule has 1 aromatic rings. The summed E-state index contributed by atoms with van der Waals surface area (Å²) in [6.45, 7) is 5.37. The zero-order chi connectivity index (χ0) is 15.4. The van der Waals surface area contributed by atoms with Gasteiger partial charge < -0.3 is 15.4 Å². The third-order valence-electron chi connectivity index (χ3n) is 4.74. The van der Waals surface area contributed by atoms with Gasteiger partial charge in [0, 0.05) is 44.3 Å². The van der Waals surface area contributed by atoms with Crippen LogP contribution in [0.25, 0.3) is 0 Å². The summed E-state index contributed by atoms with van der Waals surface area (Å²) in [7, 11) is 0. The van der Waals surface area contributed by atoms with Crippen LogP contribution in [0.3, 0.4) is 0 Å². The molecule has 1 unspecified atom stereocenters. The Morgan fingerprint density at radius 3 is 2.58 bits per heavy atom. The van der Waals surface area contributed by atoms with Crippen LogP contribution in [0.2, 0.25) is 0 Å². The molecule has 3 rings (SSSR count). The highest BCUT2D eigenvalue weighted by Gasteiger charge is 2.30. The van der Waals surface area contributed by atoms with Crippen LogP contribution in [0.15, 0.2) is 24.3 Å². The fourth-order valence-electron chi connectivity index (χ4n) is 3.37. The number of para-hydroxylation sites is 1. The van der Waals surface area contributed by atoms with Crippen molar-refractivity contribution in [3.05, 3.63) is 29.8 Å². The fourth-order valence-corrected chi connectivity index (χ4v) is 3.37. The number of rotatable bonds is 4. The average Bonchev–Trinajstić information content (AvgIpc) is 3.05. The van der Waals surface area contributed by atoms with Crippen LogP contribution < -0.4 is 5.73 Å². The van der Waals surface area contributed by atoms with Crippen molar-refractivity contribution in [3.63, 3.8) is 0 Å². The minimum Gasteiger partial charge on any atom is -0.399 e. The number of amides is 1. The maximum absolute atomic E-state index is 12.4. The number of nitrogens with two attached hydrogens (primary N) is 1. The summed E-state index contributed by atoms with van der Waals surface area (Å²) in [4.78, 5) is 16.9. The molecule has 136 valence electrons. The minimum atomic E-state index is 0. The number of hydrogen-bond donors (Lipinski definition) is 1. The van der Waals surface area contributed by atoms with E-state index in [0.717, 1.165) is 63.5 Å². The van der Waals surface area contributed by atoms with Gasteiger partial charge in [-0.25, -0.2) is 0 Å². The first-order valence-corrected chi connectivity index (χ1v) is 8.17. The number of anilines is 1. The molecule has 0 spiro atoms. The van der Waals surface area contributed by atoms with Crippen LogP contribution in [0.4, 0.5) is 5.69 Å². The highest BCUT2D eigenvalue weighted by molar-refractivity contribution is 5.85. The lowest BCUT2D eigenvalue weighted by Crippen LogP contribution is -2.45. The van der Waals surface area contributed by atoms with Crippen LogP contribution in [-0.2, 0) is 16.0 Å². The van der Waals surface area contributed by atoms with E-state index in [-0.39, 0.29) is 30.7 Å². The molecule has 0 aromatic heterocycles. The fraction of sp³-hybridized carbons (Fsp3) is 0.588. The van der Waals surface area contributed by atoms with E-state index in [4.69, 9.17) is 10.5 Å². The minimum absolute atomic E-state index is 0. The Morgan fingerprint density at radius 2 is 1.88 bits per heavy atom. The standard InChI is InChI=1S/C17H25N3O2.2ClH/c18-16-4-2-1-3-14(16)5-6-17(21)20-8-7-15(13-20)19-9-11-22-12-10-19;;/h1-4,15H,5-13,18H2;2*1H. The number of halogens is 2. The zero-order valence-electron chi connectivity index (χ0n) is 13.9. The molecule has 0 radical (unpaired) electrons. The second-order valence-electron chi connectivity index (χ2n) is 6.13. The van der Waals surface area contributed by atoms with Crippen molar-refractivity contribution in [2.24, 2.45) is 0 Å². The Morgan fingerprint density at radius 1 is 1.17 bits per heavy atom. The molecule has 2 fully saturated rings. The number of benzene rings is 1. The summed E-state index contributed by atoms with van der Waals surface area (Å²) < 4.78 is 5.40. The first-order chi connectivity index (χ1) is 10.7. The number of hydrogen-bond acceptors (Lipinski definition) is 4. The van der Waals surface area contributed by atoms with Gasteiger partial charge in [-0.2, -0.15) is 0 Å². The summed E-state index contributed by atoms with van der Waals surface area (Å²) in [5.41, 5.74) is 7.79. The lowest BCUT2D eigenvalue weighted by molar-refractivity contribution is -0.130. The Bertz CT molecular complexity index is 524. The number of carbonyl (C=O) groups is 1. The predicted molar refractivity (Wildman–Crippen MR) is 101 cm³/mol. The second-order valence-corrected chi connectivity index (χ2v) is 6.13. The number of morpholine rings is 1. The number of carbonyl (C=O) groups excluding carboxylic acids is 1. The molecule has 0 bridgehead atoms. The second kappa shape index (κ2) is 10.1. The molecule has 2 heterocycles. The van der Waals surface area contributed by atoms with Gasteiger partial charge in [-0.05, 0) is 24.5 Å². The lowest BCUT2D eigenvalue weighted by Gasteiger charge is -2.32. The van der Waals surface area contributed by atoms with Gasteiger partial charge in [-0.1, -0.05) is 18.2 Å². The van der Waals surface area contributed by atoms with Crippen molar-refractivity contribution in [3.8, 4) is 0 Å². The number of ether oxygens (including phenoxy) is 1. The Hall–Kier alpha value is -1.01. The first-order valence-electron chi connectivity index (χ1n) is 8.17. The molecule has 1 amide bonds. The van der Waals surface area contributed by atoms with Gasteiger partial charge in [0.15, 0.2) is 0 Å². The molecule has 2 aliphatic rings. The first kappa shape index (κ1) is 21.0.